The van der Waals surface area contributed by atoms with Gasteiger partial charge >= 0.3 is 0 Å². The number of fused-ring (bicyclic) bond motifs is 1. The quantitative estimate of drug-likeness (QED) is 0.443. The van der Waals surface area contributed by atoms with Crippen molar-refractivity contribution >= 4 is 34.3 Å². The zero-order valence-electron chi connectivity index (χ0n) is 16.0. The van der Waals surface area contributed by atoms with Gasteiger partial charge in [-0.25, -0.2) is 0 Å². The van der Waals surface area contributed by atoms with Gasteiger partial charge in [-0.1, -0.05) is 36.4 Å². The number of aromatic nitrogens is 3. The first-order valence-corrected chi connectivity index (χ1v) is 9.52. The van der Waals surface area contributed by atoms with Gasteiger partial charge in [-0.05, 0) is 24.3 Å². The first kappa shape index (κ1) is 19.8. The number of nitriles is 2. The maximum Gasteiger partial charge on any atom is 0.233 e. The van der Waals surface area contributed by atoms with Gasteiger partial charge in [0.1, 0.15) is 0 Å². The maximum atomic E-state index is 8.68. The fourth-order valence-electron chi connectivity index (χ4n) is 2.78. The summed E-state index contributed by atoms with van der Waals surface area (Å²) in [7, 11) is 0. The summed E-state index contributed by atoms with van der Waals surface area (Å²) < 4.78 is 0. The topological polar surface area (TPSA) is 122 Å². The molecule has 1 heterocycles. The number of hydrogen-bond acceptors (Lipinski definition) is 8. The Balaban J connectivity index is 1.81. The Bertz CT molecular complexity index is 989. The van der Waals surface area contributed by atoms with Crippen molar-refractivity contribution in [3.8, 4) is 12.1 Å². The second-order valence-corrected chi connectivity index (χ2v) is 6.33. The highest BCUT2D eigenvalue weighted by Crippen LogP contribution is 2.25. The Morgan fingerprint density at radius 2 is 1.31 bits per heavy atom. The molecule has 146 valence electrons. The van der Waals surface area contributed by atoms with Crippen molar-refractivity contribution in [2.45, 2.75) is 25.7 Å². The lowest BCUT2D eigenvalue weighted by atomic mass is 10.1. The molecular weight excluding hydrogens is 364 g/mol. The molecule has 8 nitrogen and oxygen atoms in total. The van der Waals surface area contributed by atoms with Gasteiger partial charge in [0.2, 0.25) is 17.8 Å². The van der Waals surface area contributed by atoms with Gasteiger partial charge in [0.25, 0.3) is 0 Å². The van der Waals surface area contributed by atoms with Crippen LogP contribution in [0.3, 0.4) is 0 Å². The molecule has 3 N–H and O–H groups in total. The Kier molecular flexibility index (Phi) is 7.14. The molecule has 1 aromatic heterocycles. The third-order valence-electron chi connectivity index (χ3n) is 4.17. The molecule has 0 aliphatic heterocycles. The van der Waals surface area contributed by atoms with Crippen LogP contribution in [0.5, 0.6) is 0 Å². The van der Waals surface area contributed by atoms with Gasteiger partial charge in [-0.3, -0.25) is 0 Å². The van der Waals surface area contributed by atoms with E-state index in [-0.39, 0.29) is 0 Å². The van der Waals surface area contributed by atoms with E-state index in [4.69, 9.17) is 10.5 Å². The lowest BCUT2D eigenvalue weighted by molar-refractivity contribution is 0.866. The number of anilines is 4. The number of rotatable bonds is 10. The van der Waals surface area contributed by atoms with Crippen LogP contribution in [0.15, 0.2) is 42.5 Å². The largest absolute Gasteiger partial charge is 0.354 e. The lowest BCUT2D eigenvalue weighted by Gasteiger charge is -2.12. The molecule has 29 heavy (non-hydrogen) atoms. The van der Waals surface area contributed by atoms with Crippen LogP contribution in [0.4, 0.5) is 23.5 Å². The average Bonchev–Trinajstić information content (AvgIpc) is 2.75. The second kappa shape index (κ2) is 10.4. The van der Waals surface area contributed by atoms with Gasteiger partial charge < -0.3 is 16.0 Å². The monoisotopic (exact) mass is 386 g/mol. The molecule has 0 aliphatic carbocycles. The van der Waals surface area contributed by atoms with Crippen LogP contribution in [0.2, 0.25) is 0 Å². The fraction of sp³-hybridized carbons (Fsp3) is 0.286. The Hall–Kier alpha value is -3.91. The van der Waals surface area contributed by atoms with Crippen LogP contribution in [0.1, 0.15) is 25.7 Å². The maximum absolute atomic E-state index is 8.68. The third-order valence-corrected chi connectivity index (χ3v) is 4.17. The van der Waals surface area contributed by atoms with Gasteiger partial charge in [-0.2, -0.15) is 25.5 Å². The summed E-state index contributed by atoms with van der Waals surface area (Å²) in [4.78, 5) is 13.3. The van der Waals surface area contributed by atoms with Crippen LogP contribution in [0, 0.1) is 22.7 Å². The molecule has 0 unspecified atom stereocenters. The zero-order valence-corrected chi connectivity index (χ0v) is 16.0. The van der Waals surface area contributed by atoms with Gasteiger partial charge in [0, 0.05) is 37.0 Å². The number of nitrogens with one attached hydrogen (secondary N) is 3. The summed E-state index contributed by atoms with van der Waals surface area (Å²) in [5, 5.41) is 29.1. The highest BCUT2D eigenvalue weighted by atomic mass is 15.3. The first-order valence-electron chi connectivity index (χ1n) is 9.52. The van der Waals surface area contributed by atoms with Crippen LogP contribution in [0.25, 0.3) is 10.8 Å². The molecule has 0 fully saturated rings. The van der Waals surface area contributed by atoms with Gasteiger partial charge in [0.05, 0.1) is 12.1 Å². The number of benzene rings is 2. The Morgan fingerprint density at radius 3 is 1.97 bits per heavy atom. The van der Waals surface area contributed by atoms with E-state index in [9.17, 15) is 0 Å². The molecule has 0 spiro atoms. The molecule has 0 atom stereocenters. The molecule has 0 saturated heterocycles. The highest BCUT2D eigenvalue weighted by Gasteiger charge is 2.08. The average molecular weight is 386 g/mol. The zero-order chi connectivity index (χ0) is 20.3. The molecule has 0 saturated carbocycles. The van der Waals surface area contributed by atoms with E-state index in [0.29, 0.717) is 56.6 Å². The van der Waals surface area contributed by atoms with E-state index in [0.717, 1.165) is 16.5 Å². The molecule has 8 heteroatoms. The predicted octanol–water partition coefficient (Wildman–Crippen LogP) is 4.20. The van der Waals surface area contributed by atoms with E-state index in [1.807, 2.05) is 30.3 Å². The minimum Gasteiger partial charge on any atom is -0.354 e. The molecule has 2 aromatic carbocycles. The van der Waals surface area contributed by atoms with Crippen molar-refractivity contribution in [3.05, 3.63) is 42.5 Å². The van der Waals surface area contributed by atoms with Crippen molar-refractivity contribution < 1.29 is 0 Å². The van der Waals surface area contributed by atoms with Gasteiger partial charge in [-0.15, -0.1) is 0 Å². The number of unbranched alkanes of at least 4 members (excludes halogenated alkanes) is 2. The molecule has 0 aliphatic rings. The lowest BCUT2D eigenvalue weighted by Crippen LogP contribution is -2.12. The minimum absolute atomic E-state index is 0.418. The Labute approximate surface area is 169 Å². The summed E-state index contributed by atoms with van der Waals surface area (Å²) >= 11 is 0. The molecule has 3 rings (SSSR count). The highest BCUT2D eigenvalue weighted by molar-refractivity contribution is 5.94. The normalized spacial score (nSPS) is 10.1. The van der Waals surface area contributed by atoms with Gasteiger partial charge in [0.15, 0.2) is 0 Å². The molecule has 0 bridgehead atoms. The van der Waals surface area contributed by atoms with E-state index in [2.05, 4.69) is 55.2 Å². The Morgan fingerprint density at radius 1 is 0.724 bits per heavy atom. The molecular formula is C21H22N8. The third kappa shape index (κ3) is 5.78. The summed E-state index contributed by atoms with van der Waals surface area (Å²) in [6, 6.07) is 18.3. The first-order chi connectivity index (χ1) is 14.3. The standard InChI is InChI=1S/C21H22N8/c22-12-3-5-14-24-19-27-20(25-15-6-4-13-23)29-21(28-19)26-18-11-7-9-16-8-1-2-10-17(16)18/h1-2,7-11H,3-6,14-15H2,(H3,24,25,26,27,28,29). The van der Waals surface area contributed by atoms with E-state index < -0.39 is 0 Å². The van der Waals surface area contributed by atoms with Crippen molar-refractivity contribution in [3.63, 3.8) is 0 Å². The van der Waals surface area contributed by atoms with Crippen molar-refractivity contribution in [2.24, 2.45) is 0 Å². The molecule has 0 amide bonds. The summed E-state index contributed by atoms with van der Waals surface area (Å²) in [5.74, 6) is 1.29. The van der Waals surface area contributed by atoms with E-state index in [1.165, 1.54) is 0 Å². The molecule has 3 aromatic rings. The van der Waals surface area contributed by atoms with Crippen LogP contribution in [-0.2, 0) is 0 Å². The summed E-state index contributed by atoms with van der Waals surface area (Å²) in [6.07, 6.45) is 2.36. The van der Waals surface area contributed by atoms with Crippen LogP contribution in [-0.4, -0.2) is 28.0 Å². The van der Waals surface area contributed by atoms with Crippen molar-refractivity contribution in [1.29, 1.82) is 10.5 Å². The molecule has 0 radical (unpaired) electrons. The smallest absolute Gasteiger partial charge is 0.233 e. The summed E-state index contributed by atoms with van der Waals surface area (Å²) in [6.45, 7) is 1.19. The van der Waals surface area contributed by atoms with E-state index in [1.54, 1.807) is 0 Å². The van der Waals surface area contributed by atoms with Crippen molar-refractivity contribution in [2.75, 3.05) is 29.0 Å². The number of nitrogens with zero attached hydrogens (tertiary/aromatic N) is 5. The van der Waals surface area contributed by atoms with Crippen LogP contribution >= 0.6 is 0 Å². The second-order valence-electron chi connectivity index (χ2n) is 6.33. The number of hydrogen-bond donors (Lipinski definition) is 3. The summed E-state index contributed by atoms with van der Waals surface area (Å²) in [5.41, 5.74) is 0.903. The van der Waals surface area contributed by atoms with E-state index >= 15 is 0 Å². The SMILES string of the molecule is N#CCCCNc1nc(NCCCC#N)nc(Nc2cccc3ccccc23)n1. The fourth-order valence-corrected chi connectivity index (χ4v) is 2.78. The predicted molar refractivity (Wildman–Crippen MR) is 114 cm³/mol. The van der Waals surface area contributed by atoms with Crippen molar-refractivity contribution in [1.82, 2.24) is 15.0 Å². The minimum atomic E-state index is 0.418. The van der Waals surface area contributed by atoms with Crippen LogP contribution < -0.4 is 16.0 Å².